The van der Waals surface area contributed by atoms with Crippen molar-refractivity contribution in [2.75, 3.05) is 0 Å². The Balaban J connectivity index is 2.65. The molecule has 0 fully saturated rings. The highest BCUT2D eigenvalue weighted by atomic mass is 127. The number of rotatable bonds is 5. The minimum atomic E-state index is -1.52. The number of halogens is 1. The van der Waals surface area contributed by atoms with Crippen LogP contribution in [0.1, 0.15) is 13.3 Å². The van der Waals surface area contributed by atoms with Crippen molar-refractivity contribution >= 4 is 40.5 Å². The molecule has 0 aliphatic rings. The second-order valence-corrected chi connectivity index (χ2v) is 10.5. The van der Waals surface area contributed by atoms with Crippen LogP contribution in [-0.2, 0) is 0 Å². The number of hydrogen-bond donors (Lipinski definition) is 0. The molecule has 0 aromatic heterocycles. The van der Waals surface area contributed by atoms with Crippen molar-refractivity contribution in [1.29, 1.82) is 0 Å². The summed E-state index contributed by atoms with van der Waals surface area (Å²) in [6, 6.07) is 21.7. The van der Waals surface area contributed by atoms with Crippen molar-refractivity contribution in [3.63, 3.8) is 0 Å². The van der Waals surface area contributed by atoms with Gasteiger partial charge in [0.25, 0.3) is 0 Å². The zero-order chi connectivity index (χ0) is 13.7. The summed E-state index contributed by atoms with van der Waals surface area (Å²) in [5, 5.41) is 2.86. The van der Waals surface area contributed by atoms with Crippen LogP contribution in [0.2, 0.25) is 0 Å². The summed E-state index contributed by atoms with van der Waals surface area (Å²) in [7, 11) is -1.52. The van der Waals surface area contributed by atoms with E-state index in [2.05, 4.69) is 103 Å². The summed E-state index contributed by atoms with van der Waals surface area (Å²) < 4.78 is 0.590. The van der Waals surface area contributed by atoms with E-state index in [0.29, 0.717) is 3.67 Å². The summed E-state index contributed by atoms with van der Waals surface area (Å²) in [5.74, 6) is 2.22. The first-order valence-corrected chi connectivity index (χ1v) is 9.70. The van der Waals surface area contributed by atoms with Gasteiger partial charge in [0, 0.05) is 0 Å². The SMILES string of the molecule is C=C[P+](c1ccccc1)(c1ccccc1)C(I)CC. The third-order valence-electron chi connectivity index (χ3n) is 3.43. The van der Waals surface area contributed by atoms with Gasteiger partial charge in [-0.05, 0) is 53.3 Å². The lowest BCUT2D eigenvalue weighted by Gasteiger charge is -2.27. The molecule has 0 N–H and O–H groups in total. The van der Waals surface area contributed by atoms with Crippen LogP contribution in [0, 0.1) is 0 Å². The van der Waals surface area contributed by atoms with E-state index >= 15 is 0 Å². The van der Waals surface area contributed by atoms with Crippen LogP contribution in [0.15, 0.2) is 73.1 Å². The molecule has 1 unspecified atom stereocenters. The van der Waals surface area contributed by atoms with Gasteiger partial charge in [-0.15, -0.1) is 0 Å². The van der Waals surface area contributed by atoms with Gasteiger partial charge in [0.05, 0.1) is 5.82 Å². The number of benzene rings is 2. The molecule has 2 aromatic rings. The summed E-state index contributed by atoms with van der Waals surface area (Å²) in [5.41, 5.74) is 0. The lowest BCUT2D eigenvalue weighted by molar-refractivity contribution is 1.07. The van der Waals surface area contributed by atoms with Crippen molar-refractivity contribution in [3.8, 4) is 0 Å². The lowest BCUT2D eigenvalue weighted by atomic mass is 10.4. The molecule has 0 amide bonds. The predicted molar refractivity (Wildman–Crippen MR) is 97.4 cm³/mol. The van der Waals surface area contributed by atoms with Crippen LogP contribution in [0.4, 0.5) is 0 Å². The maximum atomic E-state index is 4.20. The summed E-state index contributed by atoms with van der Waals surface area (Å²) in [6.45, 7) is 6.46. The second-order valence-electron chi connectivity index (χ2n) is 4.47. The molecule has 0 bridgehead atoms. The summed E-state index contributed by atoms with van der Waals surface area (Å²) >= 11 is 2.61. The standard InChI is InChI=1S/C17H19IP/c1-3-17(18)19(4-2,15-11-7-5-8-12-15)16-13-9-6-10-14-16/h4-14,17H,2-3H2,1H3/q+1. The van der Waals surface area contributed by atoms with Gasteiger partial charge < -0.3 is 0 Å². The van der Waals surface area contributed by atoms with E-state index in [1.807, 2.05) is 0 Å². The summed E-state index contributed by atoms with van der Waals surface area (Å²) in [6.07, 6.45) is 1.16. The van der Waals surface area contributed by atoms with E-state index < -0.39 is 7.26 Å². The van der Waals surface area contributed by atoms with E-state index in [9.17, 15) is 0 Å². The third-order valence-corrected chi connectivity index (χ3v) is 11.1. The molecule has 0 saturated carbocycles. The maximum absolute atomic E-state index is 4.20. The van der Waals surface area contributed by atoms with Crippen LogP contribution < -0.4 is 10.6 Å². The van der Waals surface area contributed by atoms with Gasteiger partial charge in [-0.2, -0.15) is 0 Å². The van der Waals surface area contributed by atoms with E-state index in [-0.39, 0.29) is 0 Å². The molecule has 2 aromatic carbocycles. The largest absolute Gasteiger partial charge is 0.133 e. The maximum Gasteiger partial charge on any atom is 0.133 e. The Morgan fingerprint density at radius 1 is 1.00 bits per heavy atom. The lowest BCUT2D eigenvalue weighted by Crippen LogP contribution is -2.26. The van der Waals surface area contributed by atoms with E-state index in [0.717, 1.165) is 6.42 Å². The molecule has 0 spiro atoms. The molecule has 0 aliphatic carbocycles. The highest BCUT2D eigenvalue weighted by molar-refractivity contribution is 14.1. The first-order chi connectivity index (χ1) is 9.25. The Morgan fingerprint density at radius 3 is 1.74 bits per heavy atom. The van der Waals surface area contributed by atoms with Crippen LogP contribution in [0.25, 0.3) is 0 Å². The molecule has 1 atom stereocenters. The molecular formula is C17H19IP+. The van der Waals surface area contributed by atoms with Crippen LogP contribution in [-0.4, -0.2) is 3.67 Å². The highest BCUT2D eigenvalue weighted by Gasteiger charge is 2.45. The zero-order valence-corrected chi connectivity index (χ0v) is 14.2. The molecule has 0 heterocycles. The van der Waals surface area contributed by atoms with Crippen LogP contribution >= 0.6 is 29.9 Å². The van der Waals surface area contributed by atoms with E-state index in [4.69, 9.17) is 0 Å². The van der Waals surface area contributed by atoms with Gasteiger partial charge in [0.15, 0.2) is 0 Å². The van der Waals surface area contributed by atoms with Crippen molar-refractivity contribution in [1.82, 2.24) is 0 Å². The van der Waals surface area contributed by atoms with Gasteiger partial charge in [-0.3, -0.25) is 0 Å². The minimum Gasteiger partial charge on any atom is -0.0631 e. The first kappa shape index (κ1) is 14.7. The Labute approximate surface area is 130 Å². The fraction of sp³-hybridized carbons (Fsp3) is 0.176. The molecule has 2 heteroatoms. The average Bonchev–Trinajstić information content (AvgIpc) is 2.50. The van der Waals surface area contributed by atoms with Gasteiger partial charge in [-0.25, -0.2) is 0 Å². The molecule has 0 aliphatic heterocycles. The molecule has 0 radical (unpaired) electrons. The number of alkyl halides is 1. The molecule has 0 nitrogen and oxygen atoms in total. The first-order valence-electron chi connectivity index (χ1n) is 6.53. The summed E-state index contributed by atoms with van der Waals surface area (Å²) in [4.78, 5) is 0. The predicted octanol–water partition coefficient (Wildman–Crippen LogP) is 4.97. The van der Waals surface area contributed by atoms with Crippen LogP contribution in [0.3, 0.4) is 0 Å². The smallest absolute Gasteiger partial charge is 0.0631 e. The average molecular weight is 381 g/mol. The van der Waals surface area contributed by atoms with Gasteiger partial charge in [0.1, 0.15) is 21.5 Å². The Hall–Kier alpha value is -0.660. The second kappa shape index (κ2) is 6.67. The van der Waals surface area contributed by atoms with E-state index in [1.165, 1.54) is 10.6 Å². The molecule has 98 valence electrons. The number of hydrogen-bond acceptors (Lipinski definition) is 0. The minimum absolute atomic E-state index is 0.590. The van der Waals surface area contributed by atoms with Gasteiger partial charge in [0.2, 0.25) is 0 Å². The quantitative estimate of drug-likeness (QED) is 0.390. The Kier molecular flexibility index (Phi) is 5.18. The molecular weight excluding hydrogens is 362 g/mol. The third kappa shape index (κ3) is 2.78. The molecule has 2 rings (SSSR count). The Bertz CT molecular complexity index is 482. The van der Waals surface area contributed by atoms with Crippen molar-refractivity contribution in [3.05, 3.63) is 73.1 Å². The normalized spacial score (nSPS) is 12.9. The van der Waals surface area contributed by atoms with Gasteiger partial charge >= 0.3 is 0 Å². The van der Waals surface area contributed by atoms with Crippen molar-refractivity contribution < 1.29 is 0 Å². The fourth-order valence-electron chi connectivity index (χ4n) is 2.44. The topological polar surface area (TPSA) is 0 Å². The molecule has 0 saturated heterocycles. The monoisotopic (exact) mass is 381 g/mol. The molecule has 19 heavy (non-hydrogen) atoms. The van der Waals surface area contributed by atoms with E-state index in [1.54, 1.807) is 0 Å². The van der Waals surface area contributed by atoms with Crippen molar-refractivity contribution in [2.24, 2.45) is 0 Å². The zero-order valence-electron chi connectivity index (χ0n) is 11.2. The fourth-order valence-corrected chi connectivity index (χ4v) is 8.55. The van der Waals surface area contributed by atoms with Crippen LogP contribution in [0.5, 0.6) is 0 Å². The Morgan fingerprint density at radius 2 is 1.42 bits per heavy atom. The van der Waals surface area contributed by atoms with Crippen molar-refractivity contribution in [2.45, 2.75) is 17.0 Å². The highest BCUT2D eigenvalue weighted by Crippen LogP contribution is 2.64. The van der Waals surface area contributed by atoms with Gasteiger partial charge in [-0.1, -0.05) is 49.9 Å².